The Hall–Kier alpha value is -1.15. The minimum Gasteiger partial charge on any atom is -0.479 e. The maximum Gasteiger partial charge on any atom is 0.334 e. The van der Waals surface area contributed by atoms with Crippen LogP contribution < -0.4 is 0 Å². The lowest BCUT2D eigenvalue weighted by molar-refractivity contribution is -0.158. The van der Waals surface area contributed by atoms with Crippen LogP contribution in [0, 0.1) is 5.92 Å². The van der Waals surface area contributed by atoms with Gasteiger partial charge in [-0.15, -0.1) is 0 Å². The van der Waals surface area contributed by atoms with Gasteiger partial charge in [-0.3, -0.25) is 4.79 Å². The van der Waals surface area contributed by atoms with Gasteiger partial charge in [-0.05, 0) is 5.92 Å². The van der Waals surface area contributed by atoms with E-state index in [1.54, 1.807) is 13.8 Å². The number of aliphatic carboxylic acids is 1. The first-order chi connectivity index (χ1) is 8.71. The van der Waals surface area contributed by atoms with E-state index in [2.05, 4.69) is 0 Å². The van der Waals surface area contributed by atoms with E-state index in [0.717, 1.165) is 0 Å². The highest BCUT2D eigenvalue weighted by Gasteiger charge is 2.31. The molecule has 0 aliphatic carbocycles. The number of hydrogen-bond donors (Lipinski definition) is 1. The second-order valence-corrected chi connectivity index (χ2v) is 7.09. The Balaban J connectivity index is 2.61. The lowest BCUT2D eigenvalue weighted by Gasteiger charge is -2.30. The van der Waals surface area contributed by atoms with Crippen LogP contribution in [0.3, 0.4) is 0 Å². The fraction of sp³-hybridized carbons (Fsp3) is 0.818. The summed E-state index contributed by atoms with van der Waals surface area (Å²) in [7, 11) is -3.45. The first-order valence-electron chi connectivity index (χ1n) is 6.04. The summed E-state index contributed by atoms with van der Waals surface area (Å²) in [5, 5.41) is 8.81. The van der Waals surface area contributed by atoms with Gasteiger partial charge in [0.2, 0.25) is 5.91 Å². The van der Waals surface area contributed by atoms with Crippen molar-refractivity contribution in [3.05, 3.63) is 0 Å². The molecule has 1 heterocycles. The quantitative estimate of drug-likeness (QED) is 0.724. The Kier molecular flexibility index (Phi) is 5.30. The number of morpholine rings is 1. The van der Waals surface area contributed by atoms with Gasteiger partial charge >= 0.3 is 5.97 Å². The van der Waals surface area contributed by atoms with Crippen molar-refractivity contribution in [3.63, 3.8) is 0 Å². The van der Waals surface area contributed by atoms with Gasteiger partial charge in [0, 0.05) is 6.54 Å². The lowest BCUT2D eigenvalue weighted by atomic mass is 10.3. The van der Waals surface area contributed by atoms with E-state index in [1.165, 1.54) is 4.90 Å². The third-order valence-corrected chi connectivity index (χ3v) is 4.49. The van der Waals surface area contributed by atoms with Crippen molar-refractivity contribution >= 4 is 21.7 Å². The zero-order valence-corrected chi connectivity index (χ0v) is 11.9. The molecule has 7 nitrogen and oxygen atoms in total. The molecule has 8 heteroatoms. The number of ether oxygens (including phenoxy) is 1. The van der Waals surface area contributed by atoms with Gasteiger partial charge in [0.15, 0.2) is 15.9 Å². The molecular formula is C11H19NO6S. The molecule has 1 amide bonds. The molecule has 0 aromatic rings. The summed E-state index contributed by atoms with van der Waals surface area (Å²) in [6, 6.07) is 0. The number of carbonyl (C=O) groups excluding carboxylic acids is 1. The van der Waals surface area contributed by atoms with E-state index in [1.807, 2.05) is 0 Å². The van der Waals surface area contributed by atoms with Gasteiger partial charge in [-0.25, -0.2) is 13.2 Å². The van der Waals surface area contributed by atoms with E-state index in [0.29, 0.717) is 0 Å². The third-order valence-electron chi connectivity index (χ3n) is 2.63. The Morgan fingerprint density at radius 3 is 2.58 bits per heavy atom. The zero-order chi connectivity index (χ0) is 14.6. The molecule has 1 aliphatic rings. The summed E-state index contributed by atoms with van der Waals surface area (Å²) < 4.78 is 28.4. The van der Waals surface area contributed by atoms with E-state index in [4.69, 9.17) is 9.84 Å². The second kappa shape index (κ2) is 6.33. The number of amides is 1. The Morgan fingerprint density at radius 1 is 1.42 bits per heavy atom. The van der Waals surface area contributed by atoms with Gasteiger partial charge < -0.3 is 14.7 Å². The highest BCUT2D eigenvalue weighted by molar-refractivity contribution is 7.92. The van der Waals surface area contributed by atoms with Crippen molar-refractivity contribution < 1.29 is 27.9 Å². The monoisotopic (exact) mass is 293 g/mol. The van der Waals surface area contributed by atoms with Crippen molar-refractivity contribution in [2.45, 2.75) is 20.0 Å². The van der Waals surface area contributed by atoms with Crippen molar-refractivity contribution in [1.29, 1.82) is 0 Å². The lowest BCUT2D eigenvalue weighted by Crippen LogP contribution is -2.50. The topological polar surface area (TPSA) is 101 Å². The molecule has 0 saturated carbocycles. The number of carboxylic acid groups (broad SMARTS) is 1. The minimum atomic E-state index is -3.45. The first-order valence-corrected chi connectivity index (χ1v) is 7.86. The van der Waals surface area contributed by atoms with Crippen molar-refractivity contribution in [2.75, 3.05) is 31.2 Å². The summed E-state index contributed by atoms with van der Waals surface area (Å²) in [6.07, 6.45) is -1.08. The molecule has 1 fully saturated rings. The van der Waals surface area contributed by atoms with E-state index in [-0.39, 0.29) is 31.4 Å². The molecule has 1 aliphatic heterocycles. The minimum absolute atomic E-state index is 0.0470. The molecule has 0 radical (unpaired) electrons. The van der Waals surface area contributed by atoms with Crippen LogP contribution in [0.4, 0.5) is 0 Å². The number of sulfone groups is 1. The van der Waals surface area contributed by atoms with Crippen LogP contribution in [0.1, 0.15) is 13.8 Å². The maximum atomic E-state index is 11.9. The van der Waals surface area contributed by atoms with Crippen LogP contribution in [0.25, 0.3) is 0 Å². The molecular weight excluding hydrogens is 274 g/mol. The van der Waals surface area contributed by atoms with Crippen molar-refractivity contribution in [3.8, 4) is 0 Å². The van der Waals surface area contributed by atoms with Crippen LogP contribution in [0.2, 0.25) is 0 Å². The number of hydrogen-bond acceptors (Lipinski definition) is 5. The molecule has 0 bridgehead atoms. The van der Waals surface area contributed by atoms with Crippen molar-refractivity contribution in [1.82, 2.24) is 4.90 Å². The summed E-state index contributed by atoms with van der Waals surface area (Å²) in [6.45, 7) is 3.74. The summed E-state index contributed by atoms with van der Waals surface area (Å²) >= 11 is 0. The molecule has 1 N–H and O–H groups in total. The fourth-order valence-corrected chi connectivity index (χ4v) is 3.56. The molecule has 0 unspecified atom stereocenters. The van der Waals surface area contributed by atoms with Crippen molar-refractivity contribution in [2.24, 2.45) is 5.92 Å². The predicted octanol–water partition coefficient (Wildman–Crippen LogP) is -0.631. The molecule has 1 saturated heterocycles. The Morgan fingerprint density at radius 2 is 2.05 bits per heavy atom. The molecule has 0 spiro atoms. The molecule has 19 heavy (non-hydrogen) atoms. The normalized spacial score (nSPS) is 20.6. The number of carboxylic acids is 1. The van der Waals surface area contributed by atoms with Gasteiger partial charge in [0.05, 0.1) is 18.9 Å². The van der Waals surface area contributed by atoms with Gasteiger partial charge in [0.25, 0.3) is 0 Å². The molecule has 0 aromatic carbocycles. The average molecular weight is 293 g/mol. The van der Waals surface area contributed by atoms with Gasteiger partial charge in [-0.1, -0.05) is 13.8 Å². The Labute approximate surface area is 112 Å². The molecule has 0 aromatic heterocycles. The standard InChI is InChI=1S/C11H19NO6S/c1-8(2)6-19(16,17)7-10(13)12-3-4-18-9(5-12)11(14)15/h8-9H,3-7H2,1-2H3,(H,14,15)/t9-/m1/s1. The average Bonchev–Trinajstić information content (AvgIpc) is 2.26. The maximum absolute atomic E-state index is 11.9. The SMILES string of the molecule is CC(C)CS(=O)(=O)CC(=O)N1CCO[C@@H](C(=O)O)C1. The molecule has 1 rings (SSSR count). The highest BCUT2D eigenvalue weighted by Crippen LogP contribution is 2.08. The third kappa shape index (κ3) is 5.15. The van der Waals surface area contributed by atoms with Gasteiger partial charge in [0.1, 0.15) is 5.75 Å². The van der Waals surface area contributed by atoms with Crippen LogP contribution >= 0.6 is 0 Å². The first kappa shape index (κ1) is 15.9. The second-order valence-electron chi connectivity index (χ2n) is 4.99. The fourth-order valence-electron chi connectivity index (χ4n) is 1.87. The van der Waals surface area contributed by atoms with Crippen LogP contribution in [-0.4, -0.2) is 67.6 Å². The number of rotatable bonds is 5. The molecule has 110 valence electrons. The Bertz CT molecular complexity index is 444. The number of carbonyl (C=O) groups is 2. The summed E-state index contributed by atoms with van der Waals surface area (Å²) in [4.78, 5) is 23.9. The van der Waals surface area contributed by atoms with Gasteiger partial charge in [-0.2, -0.15) is 0 Å². The predicted molar refractivity (Wildman–Crippen MR) is 67.4 cm³/mol. The van der Waals surface area contributed by atoms with E-state index < -0.39 is 33.6 Å². The summed E-state index contributed by atoms with van der Waals surface area (Å²) in [5.74, 6) is -2.38. The smallest absolute Gasteiger partial charge is 0.334 e. The summed E-state index contributed by atoms with van der Waals surface area (Å²) in [5.41, 5.74) is 0. The largest absolute Gasteiger partial charge is 0.479 e. The van der Waals surface area contributed by atoms with E-state index in [9.17, 15) is 18.0 Å². The van der Waals surface area contributed by atoms with Crippen LogP contribution in [-0.2, 0) is 24.2 Å². The van der Waals surface area contributed by atoms with Crippen LogP contribution in [0.15, 0.2) is 0 Å². The number of nitrogens with zero attached hydrogens (tertiary/aromatic N) is 1. The highest BCUT2D eigenvalue weighted by atomic mass is 32.2. The zero-order valence-electron chi connectivity index (χ0n) is 11.0. The van der Waals surface area contributed by atoms with E-state index >= 15 is 0 Å². The van der Waals surface area contributed by atoms with Crippen LogP contribution in [0.5, 0.6) is 0 Å². The molecule has 1 atom stereocenters.